The number of anilines is 1. The lowest BCUT2D eigenvalue weighted by Crippen LogP contribution is -2.04. The van der Waals surface area contributed by atoms with Crippen LogP contribution in [0.3, 0.4) is 0 Å². The third-order valence-corrected chi connectivity index (χ3v) is 2.73. The zero-order valence-electron chi connectivity index (χ0n) is 11.3. The molecule has 0 radical (unpaired) electrons. The molecule has 0 saturated heterocycles. The third kappa shape index (κ3) is 3.75. The summed E-state index contributed by atoms with van der Waals surface area (Å²) in [5.74, 6) is 0.412. The molecule has 104 valence electrons. The van der Waals surface area contributed by atoms with Gasteiger partial charge in [-0.3, -0.25) is 0 Å². The fourth-order valence-electron chi connectivity index (χ4n) is 1.72. The van der Waals surface area contributed by atoms with Crippen LogP contribution in [0.2, 0.25) is 0 Å². The summed E-state index contributed by atoms with van der Waals surface area (Å²) in [5.41, 5.74) is 7.86. The highest BCUT2D eigenvalue weighted by molar-refractivity contribution is 5.89. The van der Waals surface area contributed by atoms with Crippen molar-refractivity contribution >= 4 is 11.7 Å². The molecule has 0 unspecified atom stereocenters. The van der Waals surface area contributed by atoms with Crippen LogP contribution in [0.1, 0.15) is 22.8 Å². The first kappa shape index (κ1) is 13.9. The summed E-state index contributed by atoms with van der Waals surface area (Å²) in [6.45, 7) is 2.58. The highest BCUT2D eigenvalue weighted by Gasteiger charge is 2.05. The topological polar surface area (TPSA) is 61.5 Å². The van der Waals surface area contributed by atoms with Gasteiger partial charge in [-0.25, -0.2) is 4.79 Å². The van der Waals surface area contributed by atoms with E-state index in [0.29, 0.717) is 24.5 Å². The van der Waals surface area contributed by atoms with Crippen molar-refractivity contribution in [2.75, 3.05) is 12.3 Å². The SMILES string of the molecule is CCOC(=O)c1ccc(COc2cccc(N)c2)cc1. The summed E-state index contributed by atoms with van der Waals surface area (Å²) < 4.78 is 10.6. The monoisotopic (exact) mass is 271 g/mol. The Hall–Kier alpha value is -2.49. The van der Waals surface area contributed by atoms with Crippen molar-refractivity contribution in [2.45, 2.75) is 13.5 Å². The van der Waals surface area contributed by atoms with Crippen molar-refractivity contribution in [2.24, 2.45) is 0 Å². The summed E-state index contributed by atoms with van der Waals surface area (Å²) in [6.07, 6.45) is 0. The molecule has 2 rings (SSSR count). The predicted octanol–water partition coefficient (Wildman–Crippen LogP) is 3.02. The van der Waals surface area contributed by atoms with Crippen molar-refractivity contribution in [3.05, 3.63) is 59.7 Å². The molecule has 0 aliphatic carbocycles. The van der Waals surface area contributed by atoms with Gasteiger partial charge in [-0.1, -0.05) is 18.2 Å². The van der Waals surface area contributed by atoms with E-state index >= 15 is 0 Å². The lowest BCUT2D eigenvalue weighted by Gasteiger charge is -2.07. The Balaban J connectivity index is 1.95. The molecule has 0 aliphatic heterocycles. The van der Waals surface area contributed by atoms with Crippen LogP contribution >= 0.6 is 0 Å². The Morgan fingerprint density at radius 1 is 1.15 bits per heavy atom. The van der Waals surface area contributed by atoms with Gasteiger partial charge in [0.05, 0.1) is 12.2 Å². The summed E-state index contributed by atoms with van der Waals surface area (Å²) in [6, 6.07) is 14.4. The number of benzene rings is 2. The molecule has 20 heavy (non-hydrogen) atoms. The van der Waals surface area contributed by atoms with Gasteiger partial charge in [-0.05, 0) is 36.8 Å². The molecule has 0 heterocycles. The van der Waals surface area contributed by atoms with Crippen LogP contribution in [0, 0.1) is 0 Å². The fourth-order valence-corrected chi connectivity index (χ4v) is 1.72. The molecule has 0 atom stereocenters. The van der Waals surface area contributed by atoms with Crippen LogP contribution in [-0.2, 0) is 11.3 Å². The average Bonchev–Trinajstić information content (AvgIpc) is 2.46. The Labute approximate surface area is 118 Å². The van der Waals surface area contributed by atoms with E-state index in [-0.39, 0.29) is 5.97 Å². The Morgan fingerprint density at radius 2 is 1.90 bits per heavy atom. The number of hydrogen-bond donors (Lipinski definition) is 1. The minimum absolute atomic E-state index is 0.309. The largest absolute Gasteiger partial charge is 0.489 e. The molecule has 2 aromatic carbocycles. The Kier molecular flexibility index (Phi) is 4.60. The molecule has 4 nitrogen and oxygen atoms in total. The van der Waals surface area contributed by atoms with E-state index in [9.17, 15) is 4.79 Å². The predicted molar refractivity (Wildman–Crippen MR) is 77.6 cm³/mol. The van der Waals surface area contributed by atoms with Gasteiger partial charge in [0.15, 0.2) is 0 Å². The van der Waals surface area contributed by atoms with Gasteiger partial charge in [0.2, 0.25) is 0 Å². The number of hydrogen-bond acceptors (Lipinski definition) is 4. The second-order valence-electron chi connectivity index (χ2n) is 4.28. The van der Waals surface area contributed by atoms with Crippen molar-refractivity contribution in [1.82, 2.24) is 0 Å². The average molecular weight is 271 g/mol. The second-order valence-corrected chi connectivity index (χ2v) is 4.28. The van der Waals surface area contributed by atoms with E-state index in [1.165, 1.54) is 0 Å². The van der Waals surface area contributed by atoms with Crippen molar-refractivity contribution in [1.29, 1.82) is 0 Å². The molecule has 0 saturated carbocycles. The lowest BCUT2D eigenvalue weighted by atomic mass is 10.1. The standard InChI is InChI=1S/C16H17NO3/c1-2-19-16(18)13-8-6-12(7-9-13)11-20-15-5-3-4-14(17)10-15/h3-10H,2,11,17H2,1H3. The highest BCUT2D eigenvalue weighted by atomic mass is 16.5. The third-order valence-electron chi connectivity index (χ3n) is 2.73. The summed E-state index contributed by atoms with van der Waals surface area (Å²) >= 11 is 0. The van der Waals surface area contributed by atoms with Gasteiger partial charge in [0, 0.05) is 11.8 Å². The maximum Gasteiger partial charge on any atom is 0.338 e. The maximum absolute atomic E-state index is 11.5. The van der Waals surface area contributed by atoms with Gasteiger partial charge in [0.1, 0.15) is 12.4 Å². The van der Waals surface area contributed by atoms with Crippen LogP contribution in [0.25, 0.3) is 0 Å². The van der Waals surface area contributed by atoms with Crippen LogP contribution in [0.4, 0.5) is 5.69 Å². The highest BCUT2D eigenvalue weighted by Crippen LogP contribution is 2.16. The smallest absolute Gasteiger partial charge is 0.338 e. The van der Waals surface area contributed by atoms with Gasteiger partial charge >= 0.3 is 5.97 Å². The van der Waals surface area contributed by atoms with E-state index in [2.05, 4.69) is 0 Å². The number of nitrogens with two attached hydrogens (primary N) is 1. The Morgan fingerprint density at radius 3 is 2.55 bits per heavy atom. The van der Waals surface area contributed by atoms with E-state index < -0.39 is 0 Å². The zero-order chi connectivity index (χ0) is 14.4. The molecule has 0 aromatic heterocycles. The number of ether oxygens (including phenoxy) is 2. The molecular weight excluding hydrogens is 254 g/mol. The van der Waals surface area contributed by atoms with Gasteiger partial charge in [-0.2, -0.15) is 0 Å². The van der Waals surface area contributed by atoms with Crippen LogP contribution in [0.15, 0.2) is 48.5 Å². The number of carbonyl (C=O) groups is 1. The van der Waals surface area contributed by atoms with Crippen molar-refractivity contribution < 1.29 is 14.3 Å². The van der Waals surface area contributed by atoms with Gasteiger partial charge in [-0.15, -0.1) is 0 Å². The molecule has 4 heteroatoms. The van der Waals surface area contributed by atoms with E-state index in [1.54, 1.807) is 31.2 Å². The van der Waals surface area contributed by atoms with E-state index in [0.717, 1.165) is 11.3 Å². The number of esters is 1. The van der Waals surface area contributed by atoms with Crippen molar-refractivity contribution in [3.8, 4) is 5.75 Å². The normalized spacial score (nSPS) is 10.1. The maximum atomic E-state index is 11.5. The first-order valence-corrected chi connectivity index (χ1v) is 6.43. The molecule has 0 bridgehead atoms. The molecule has 2 N–H and O–H groups in total. The molecule has 0 aliphatic rings. The van der Waals surface area contributed by atoms with Gasteiger partial charge in [0.25, 0.3) is 0 Å². The lowest BCUT2D eigenvalue weighted by molar-refractivity contribution is 0.0526. The number of rotatable bonds is 5. The van der Waals surface area contributed by atoms with Crippen LogP contribution in [0.5, 0.6) is 5.75 Å². The van der Waals surface area contributed by atoms with Gasteiger partial charge < -0.3 is 15.2 Å². The minimum Gasteiger partial charge on any atom is -0.489 e. The Bertz CT molecular complexity index is 579. The molecule has 0 spiro atoms. The molecule has 2 aromatic rings. The van der Waals surface area contributed by atoms with E-state index in [1.807, 2.05) is 24.3 Å². The van der Waals surface area contributed by atoms with Crippen LogP contribution < -0.4 is 10.5 Å². The second kappa shape index (κ2) is 6.61. The summed E-state index contributed by atoms with van der Waals surface area (Å²) in [5, 5.41) is 0. The first-order valence-electron chi connectivity index (χ1n) is 6.43. The van der Waals surface area contributed by atoms with Crippen LogP contribution in [-0.4, -0.2) is 12.6 Å². The summed E-state index contributed by atoms with van der Waals surface area (Å²) in [4.78, 5) is 11.5. The number of carbonyl (C=O) groups excluding carboxylic acids is 1. The molecule has 0 fully saturated rings. The van der Waals surface area contributed by atoms with E-state index in [4.69, 9.17) is 15.2 Å². The number of nitrogen functional groups attached to an aromatic ring is 1. The first-order chi connectivity index (χ1) is 9.69. The van der Waals surface area contributed by atoms with Crippen molar-refractivity contribution in [3.63, 3.8) is 0 Å². The molecule has 0 amide bonds. The zero-order valence-corrected chi connectivity index (χ0v) is 11.3. The summed E-state index contributed by atoms with van der Waals surface area (Å²) in [7, 11) is 0. The molecular formula is C16H17NO3. The quantitative estimate of drug-likeness (QED) is 0.670. The minimum atomic E-state index is -0.309. The fraction of sp³-hybridized carbons (Fsp3) is 0.188.